The Morgan fingerprint density at radius 2 is 1.76 bits per heavy atom. The van der Waals surface area contributed by atoms with Crippen LogP contribution in [0.2, 0.25) is 0 Å². The quantitative estimate of drug-likeness (QED) is 0.227. The first kappa shape index (κ1) is 25.2. The second kappa shape index (κ2) is 11.6. The number of halogens is 1. The fourth-order valence-electron chi connectivity index (χ4n) is 3.30. The van der Waals surface area contributed by atoms with Crippen molar-refractivity contribution in [2.75, 3.05) is 24.9 Å². The second-order valence-electron chi connectivity index (χ2n) is 8.02. The Bertz CT molecular complexity index is 1130. The lowest BCUT2D eigenvalue weighted by Gasteiger charge is -2.22. The van der Waals surface area contributed by atoms with Crippen molar-refractivity contribution in [2.45, 2.75) is 36.1 Å². The fraction of sp³-hybridized carbons (Fsp3) is 0.280. The van der Waals surface area contributed by atoms with E-state index in [1.54, 1.807) is 31.4 Å². The van der Waals surface area contributed by atoms with Gasteiger partial charge < -0.3 is 14.7 Å². The fourth-order valence-corrected chi connectivity index (χ4v) is 4.19. The van der Waals surface area contributed by atoms with Gasteiger partial charge in [-0.05, 0) is 48.7 Å². The summed E-state index contributed by atoms with van der Waals surface area (Å²) < 4.78 is 24.5. The number of carbonyl (C=O) groups excluding carboxylic acids is 1. The predicted molar refractivity (Wildman–Crippen MR) is 131 cm³/mol. The number of rotatable bonds is 10. The molecule has 0 bridgehead atoms. The van der Waals surface area contributed by atoms with E-state index in [4.69, 9.17) is 9.47 Å². The van der Waals surface area contributed by atoms with Gasteiger partial charge in [-0.3, -0.25) is 10.6 Å². The molecule has 0 saturated heterocycles. The molecule has 1 heterocycles. The number of nitrogens with zero attached hydrogens (tertiary/aromatic N) is 1. The van der Waals surface area contributed by atoms with Gasteiger partial charge in [0, 0.05) is 28.0 Å². The standard InChI is InChI=1S/C25H28FN3O4S/c1-16(2)12-22(25(30)33-4)28-24-15-21(34-20-10-8-19(32-3)9-11-20)14-23(29(24)31)27-18-7-5-6-17(26)13-18/h5-11,13-16,22,27-28H,12H2,1-4H3/t22-/m0/s1. The van der Waals surface area contributed by atoms with Gasteiger partial charge in [0.05, 0.1) is 19.9 Å². The minimum atomic E-state index is -0.701. The average Bonchev–Trinajstić information content (AvgIpc) is 2.81. The van der Waals surface area contributed by atoms with E-state index in [0.717, 1.165) is 15.5 Å². The normalized spacial score (nSPS) is 11.7. The van der Waals surface area contributed by atoms with Crippen LogP contribution in [0, 0.1) is 16.9 Å². The summed E-state index contributed by atoms with van der Waals surface area (Å²) in [6.07, 6.45) is 0.481. The van der Waals surface area contributed by atoms with Crippen molar-refractivity contribution in [1.29, 1.82) is 0 Å². The third kappa shape index (κ3) is 6.77. The summed E-state index contributed by atoms with van der Waals surface area (Å²) in [6, 6.07) is 16.0. The topological polar surface area (TPSA) is 86.5 Å². The highest BCUT2D eigenvalue weighted by molar-refractivity contribution is 7.99. The molecule has 1 aromatic heterocycles. The Balaban J connectivity index is 1.99. The van der Waals surface area contributed by atoms with E-state index in [9.17, 15) is 14.4 Å². The molecule has 2 aromatic carbocycles. The van der Waals surface area contributed by atoms with Crippen LogP contribution in [0.5, 0.6) is 5.75 Å². The molecule has 180 valence electrons. The van der Waals surface area contributed by atoms with Crippen molar-refractivity contribution < 1.29 is 23.4 Å². The lowest BCUT2D eigenvalue weighted by molar-refractivity contribution is -0.575. The van der Waals surface area contributed by atoms with Gasteiger partial charge in [-0.15, -0.1) is 0 Å². The summed E-state index contributed by atoms with van der Waals surface area (Å²) in [5.41, 5.74) is 0.425. The molecule has 3 aromatic rings. The number of benzene rings is 2. The molecule has 0 aliphatic heterocycles. The molecule has 0 unspecified atom stereocenters. The zero-order valence-corrected chi connectivity index (χ0v) is 20.3. The van der Waals surface area contributed by atoms with Crippen molar-refractivity contribution in [3.63, 3.8) is 0 Å². The van der Waals surface area contributed by atoms with Gasteiger partial charge in [-0.25, -0.2) is 13.9 Å². The van der Waals surface area contributed by atoms with E-state index >= 15 is 0 Å². The van der Waals surface area contributed by atoms with Gasteiger partial charge in [-0.2, -0.15) is 0 Å². The van der Waals surface area contributed by atoms with Gasteiger partial charge in [0.1, 0.15) is 11.6 Å². The van der Waals surface area contributed by atoms with Crippen molar-refractivity contribution >= 4 is 35.1 Å². The highest BCUT2D eigenvalue weighted by Crippen LogP contribution is 2.32. The highest BCUT2D eigenvalue weighted by Gasteiger charge is 2.25. The molecular weight excluding hydrogens is 457 g/mol. The Morgan fingerprint density at radius 3 is 2.38 bits per heavy atom. The van der Waals surface area contributed by atoms with E-state index in [2.05, 4.69) is 10.6 Å². The Kier molecular flexibility index (Phi) is 8.59. The molecule has 34 heavy (non-hydrogen) atoms. The van der Waals surface area contributed by atoms with Crippen LogP contribution in [0.3, 0.4) is 0 Å². The third-order valence-electron chi connectivity index (χ3n) is 4.90. The summed E-state index contributed by atoms with van der Waals surface area (Å²) in [6.45, 7) is 3.96. The molecule has 7 nitrogen and oxygen atoms in total. The molecule has 0 radical (unpaired) electrons. The van der Waals surface area contributed by atoms with Crippen LogP contribution in [0.1, 0.15) is 20.3 Å². The van der Waals surface area contributed by atoms with Gasteiger partial charge in [-0.1, -0.05) is 31.7 Å². The predicted octanol–water partition coefficient (Wildman–Crippen LogP) is 5.36. The summed E-state index contributed by atoms with van der Waals surface area (Å²) >= 11 is 1.43. The van der Waals surface area contributed by atoms with Crippen LogP contribution in [-0.4, -0.2) is 26.2 Å². The summed E-state index contributed by atoms with van der Waals surface area (Å²) in [5.74, 6) is 0.403. The van der Waals surface area contributed by atoms with E-state index in [1.807, 2.05) is 38.1 Å². The Hall–Kier alpha value is -3.46. The van der Waals surface area contributed by atoms with Crippen LogP contribution in [0.4, 0.5) is 21.7 Å². The average molecular weight is 486 g/mol. The molecule has 0 saturated carbocycles. The molecule has 0 aliphatic rings. The van der Waals surface area contributed by atoms with E-state index in [-0.39, 0.29) is 17.6 Å². The summed E-state index contributed by atoms with van der Waals surface area (Å²) in [4.78, 5) is 14.0. The maximum atomic E-state index is 13.7. The molecule has 0 spiro atoms. The van der Waals surface area contributed by atoms with Gasteiger partial charge >= 0.3 is 5.97 Å². The van der Waals surface area contributed by atoms with Gasteiger partial charge in [0.25, 0.3) is 0 Å². The molecule has 0 fully saturated rings. The SMILES string of the molecule is COC(=O)[C@H](CC(C)C)Nc1cc(Sc2ccc(OC)cc2)cc(Nc2cccc(F)c2)[n+]1[O-]. The highest BCUT2D eigenvalue weighted by atomic mass is 32.2. The van der Waals surface area contributed by atoms with Gasteiger partial charge in [0.2, 0.25) is 11.6 Å². The van der Waals surface area contributed by atoms with E-state index in [1.165, 1.54) is 31.0 Å². The van der Waals surface area contributed by atoms with E-state index < -0.39 is 17.8 Å². The molecule has 3 rings (SSSR count). The maximum absolute atomic E-state index is 13.7. The van der Waals surface area contributed by atoms with Crippen molar-refractivity contribution in [1.82, 2.24) is 0 Å². The van der Waals surface area contributed by atoms with Crippen molar-refractivity contribution in [3.05, 3.63) is 71.7 Å². The zero-order valence-electron chi connectivity index (χ0n) is 19.5. The number of hydrogen-bond acceptors (Lipinski definition) is 7. The summed E-state index contributed by atoms with van der Waals surface area (Å²) in [7, 11) is 2.92. The largest absolute Gasteiger partial charge is 0.740 e. The molecule has 9 heteroatoms. The van der Waals surface area contributed by atoms with Crippen molar-refractivity contribution in [2.24, 2.45) is 5.92 Å². The number of methoxy groups -OCH3 is 2. The van der Waals surface area contributed by atoms with Crippen LogP contribution < -0.4 is 20.1 Å². The number of anilines is 3. The zero-order chi connectivity index (χ0) is 24.7. The first-order valence-corrected chi connectivity index (χ1v) is 11.6. The lowest BCUT2D eigenvalue weighted by Crippen LogP contribution is -2.40. The van der Waals surface area contributed by atoms with Crippen LogP contribution in [-0.2, 0) is 9.53 Å². The molecule has 0 amide bonds. The Morgan fingerprint density at radius 1 is 1.06 bits per heavy atom. The second-order valence-corrected chi connectivity index (χ2v) is 9.17. The number of esters is 1. The molecular formula is C25H28FN3O4S. The number of pyridine rings is 1. The number of hydrogen-bond donors (Lipinski definition) is 2. The minimum absolute atomic E-state index is 0.175. The number of carbonyl (C=O) groups is 1. The Labute approximate surface area is 202 Å². The molecule has 1 atom stereocenters. The molecule has 2 N–H and O–H groups in total. The number of aromatic nitrogens is 1. The van der Waals surface area contributed by atoms with Crippen LogP contribution in [0.25, 0.3) is 0 Å². The third-order valence-corrected chi connectivity index (χ3v) is 5.88. The smallest absolute Gasteiger partial charge is 0.343 e. The first-order chi connectivity index (χ1) is 16.3. The van der Waals surface area contributed by atoms with Crippen LogP contribution >= 0.6 is 11.8 Å². The monoisotopic (exact) mass is 485 g/mol. The van der Waals surface area contributed by atoms with E-state index in [0.29, 0.717) is 16.8 Å². The van der Waals surface area contributed by atoms with Crippen LogP contribution in [0.15, 0.2) is 70.5 Å². The maximum Gasteiger partial charge on any atom is 0.343 e. The molecule has 0 aliphatic carbocycles. The first-order valence-electron chi connectivity index (χ1n) is 10.8. The summed E-state index contributed by atoms with van der Waals surface area (Å²) in [5, 5.41) is 19.2. The van der Waals surface area contributed by atoms with Gasteiger partial charge in [0.15, 0.2) is 6.04 Å². The van der Waals surface area contributed by atoms with Crippen molar-refractivity contribution in [3.8, 4) is 5.75 Å². The lowest BCUT2D eigenvalue weighted by atomic mass is 10.0. The number of ether oxygens (including phenoxy) is 2. The number of nitrogens with one attached hydrogen (secondary N) is 2. The minimum Gasteiger partial charge on any atom is -0.740 e.